The van der Waals surface area contributed by atoms with E-state index in [0.717, 1.165) is 17.7 Å². The van der Waals surface area contributed by atoms with Crippen molar-refractivity contribution in [2.75, 3.05) is 31.6 Å². The fraction of sp³-hybridized carbons (Fsp3) is 0.391. The Labute approximate surface area is 166 Å². The number of hydrogen-bond donors (Lipinski definition) is 0. The van der Waals surface area contributed by atoms with E-state index in [0.29, 0.717) is 32.6 Å². The normalized spacial score (nSPS) is 19.6. The molecular formula is C23H27N3O2. The highest BCUT2D eigenvalue weighted by molar-refractivity contribution is 5.89. The van der Waals surface area contributed by atoms with Gasteiger partial charge in [0, 0.05) is 51.9 Å². The van der Waals surface area contributed by atoms with Gasteiger partial charge in [0.2, 0.25) is 11.8 Å². The van der Waals surface area contributed by atoms with Crippen LogP contribution in [0.3, 0.4) is 0 Å². The minimum absolute atomic E-state index is 0.0752. The lowest BCUT2D eigenvalue weighted by Crippen LogP contribution is -2.39. The lowest BCUT2D eigenvalue weighted by molar-refractivity contribution is -0.136. The summed E-state index contributed by atoms with van der Waals surface area (Å²) in [4.78, 5) is 31.6. The van der Waals surface area contributed by atoms with Crippen LogP contribution in [0.4, 0.5) is 5.69 Å². The molecule has 1 fully saturated rings. The summed E-state index contributed by atoms with van der Waals surface area (Å²) in [6.07, 6.45) is 0.318. The third-order valence-corrected chi connectivity index (χ3v) is 5.84. The van der Waals surface area contributed by atoms with Crippen LogP contribution in [0.5, 0.6) is 0 Å². The van der Waals surface area contributed by atoms with E-state index in [1.54, 1.807) is 0 Å². The number of carbonyl (C=O) groups excluding carboxylic acids is 2. The van der Waals surface area contributed by atoms with E-state index in [1.165, 1.54) is 11.3 Å². The Hall–Kier alpha value is -2.82. The van der Waals surface area contributed by atoms with Crippen LogP contribution in [0.25, 0.3) is 0 Å². The van der Waals surface area contributed by atoms with E-state index < -0.39 is 0 Å². The smallest absolute Gasteiger partial charge is 0.228 e. The van der Waals surface area contributed by atoms with Gasteiger partial charge in [-0.2, -0.15) is 0 Å². The average molecular weight is 377 g/mol. The molecule has 2 amide bonds. The van der Waals surface area contributed by atoms with Crippen LogP contribution in [0.15, 0.2) is 48.5 Å². The monoisotopic (exact) mass is 377 g/mol. The Morgan fingerprint density at radius 2 is 1.82 bits per heavy atom. The lowest BCUT2D eigenvalue weighted by atomic mass is 10.1. The molecule has 1 unspecified atom stereocenters. The Morgan fingerprint density at radius 3 is 2.61 bits per heavy atom. The molecule has 2 aromatic rings. The summed E-state index contributed by atoms with van der Waals surface area (Å²) in [7, 11) is 2.06. The first-order valence-electron chi connectivity index (χ1n) is 9.92. The maximum Gasteiger partial charge on any atom is 0.228 e. The quantitative estimate of drug-likeness (QED) is 0.826. The zero-order valence-electron chi connectivity index (χ0n) is 16.6. The summed E-state index contributed by atoms with van der Waals surface area (Å²) in [6.45, 7) is 5.25. The number of hydrogen-bond acceptors (Lipinski definition) is 3. The zero-order valence-corrected chi connectivity index (χ0v) is 16.6. The molecule has 2 heterocycles. The number of rotatable bonds is 3. The van der Waals surface area contributed by atoms with Gasteiger partial charge >= 0.3 is 0 Å². The average Bonchev–Trinajstić information content (AvgIpc) is 2.97. The molecule has 1 atom stereocenters. The molecule has 2 aromatic carbocycles. The fourth-order valence-electron chi connectivity index (χ4n) is 4.14. The van der Waals surface area contributed by atoms with Crippen molar-refractivity contribution in [3.05, 3.63) is 65.2 Å². The van der Waals surface area contributed by atoms with E-state index >= 15 is 0 Å². The van der Waals surface area contributed by atoms with Crippen molar-refractivity contribution < 1.29 is 9.59 Å². The van der Waals surface area contributed by atoms with E-state index in [1.807, 2.05) is 21.9 Å². The number of nitrogens with zero attached hydrogens (tertiary/aromatic N) is 3. The molecule has 4 rings (SSSR count). The van der Waals surface area contributed by atoms with Gasteiger partial charge in [-0.1, -0.05) is 48.0 Å². The molecule has 0 spiro atoms. The number of fused-ring (bicyclic) bond motifs is 1. The van der Waals surface area contributed by atoms with E-state index in [4.69, 9.17) is 0 Å². The number of benzene rings is 2. The standard InChI is InChI=1S/C23H27N3O2/c1-17-7-9-18(10-8-17)14-26-16-20(13-22(26)27)23(28)25-12-11-24(2)21-6-4-3-5-19(21)15-25/h3-10,20H,11-16H2,1-2H3. The molecule has 28 heavy (non-hydrogen) atoms. The maximum atomic E-state index is 13.2. The minimum atomic E-state index is -0.242. The van der Waals surface area contributed by atoms with Crippen LogP contribution >= 0.6 is 0 Å². The molecule has 0 saturated carbocycles. The molecule has 0 N–H and O–H groups in total. The van der Waals surface area contributed by atoms with Crippen molar-refractivity contribution >= 4 is 17.5 Å². The van der Waals surface area contributed by atoms with Crippen LogP contribution in [0, 0.1) is 12.8 Å². The van der Waals surface area contributed by atoms with Gasteiger partial charge in [0.1, 0.15) is 0 Å². The number of carbonyl (C=O) groups is 2. The molecule has 5 heteroatoms. The van der Waals surface area contributed by atoms with Gasteiger partial charge in [0.05, 0.1) is 5.92 Å². The Bertz CT molecular complexity index is 878. The molecule has 5 nitrogen and oxygen atoms in total. The Balaban J connectivity index is 1.44. The summed E-state index contributed by atoms with van der Waals surface area (Å²) in [6, 6.07) is 16.5. The molecule has 0 radical (unpaired) electrons. The van der Waals surface area contributed by atoms with Crippen molar-refractivity contribution in [2.24, 2.45) is 5.92 Å². The topological polar surface area (TPSA) is 43.9 Å². The predicted octanol–water partition coefficient (Wildman–Crippen LogP) is 2.82. The van der Waals surface area contributed by atoms with Crippen molar-refractivity contribution in [2.45, 2.75) is 26.4 Å². The molecule has 2 aliphatic heterocycles. The predicted molar refractivity (Wildman–Crippen MR) is 110 cm³/mol. The Morgan fingerprint density at radius 1 is 1.07 bits per heavy atom. The summed E-state index contributed by atoms with van der Waals surface area (Å²) in [5.74, 6) is -0.0651. The molecule has 2 aliphatic rings. The van der Waals surface area contributed by atoms with Gasteiger partial charge in [-0.3, -0.25) is 9.59 Å². The van der Waals surface area contributed by atoms with Crippen LogP contribution in [0.1, 0.15) is 23.1 Å². The first-order valence-corrected chi connectivity index (χ1v) is 9.92. The van der Waals surface area contributed by atoms with Gasteiger partial charge in [-0.25, -0.2) is 0 Å². The lowest BCUT2D eigenvalue weighted by Gasteiger charge is -2.24. The molecule has 1 saturated heterocycles. The SMILES string of the molecule is Cc1ccc(CN2CC(C(=O)N3CCN(C)c4ccccc4C3)CC2=O)cc1. The molecule has 0 bridgehead atoms. The molecular weight excluding hydrogens is 350 g/mol. The summed E-state index contributed by atoms with van der Waals surface area (Å²) >= 11 is 0. The van der Waals surface area contributed by atoms with Crippen LogP contribution in [-0.4, -0.2) is 48.3 Å². The maximum absolute atomic E-state index is 13.2. The van der Waals surface area contributed by atoms with Crippen LogP contribution < -0.4 is 4.90 Å². The van der Waals surface area contributed by atoms with E-state index in [9.17, 15) is 9.59 Å². The second-order valence-corrected chi connectivity index (χ2v) is 7.97. The second-order valence-electron chi connectivity index (χ2n) is 7.97. The summed E-state index contributed by atoms with van der Waals surface area (Å²) in [5, 5.41) is 0. The summed E-state index contributed by atoms with van der Waals surface area (Å²) in [5.41, 5.74) is 4.66. The zero-order chi connectivity index (χ0) is 19.7. The van der Waals surface area contributed by atoms with Gasteiger partial charge in [-0.15, -0.1) is 0 Å². The number of amides is 2. The molecule has 0 aliphatic carbocycles. The van der Waals surface area contributed by atoms with Gasteiger partial charge in [0.25, 0.3) is 0 Å². The third-order valence-electron chi connectivity index (χ3n) is 5.84. The summed E-state index contributed by atoms with van der Waals surface area (Å²) < 4.78 is 0. The third kappa shape index (κ3) is 3.75. The van der Waals surface area contributed by atoms with Gasteiger partial charge in [0.15, 0.2) is 0 Å². The minimum Gasteiger partial charge on any atom is -0.373 e. The number of likely N-dealkylation sites (N-methyl/N-ethyl adjacent to an activating group) is 1. The van der Waals surface area contributed by atoms with Gasteiger partial charge in [-0.05, 0) is 24.1 Å². The molecule has 0 aromatic heterocycles. The van der Waals surface area contributed by atoms with Crippen molar-refractivity contribution in [3.63, 3.8) is 0 Å². The second kappa shape index (κ2) is 7.66. The number of anilines is 1. The van der Waals surface area contributed by atoms with E-state index in [2.05, 4.69) is 55.3 Å². The Kier molecular flexibility index (Phi) is 5.07. The number of aryl methyl sites for hydroxylation is 1. The van der Waals surface area contributed by atoms with Crippen LogP contribution in [-0.2, 0) is 22.7 Å². The van der Waals surface area contributed by atoms with E-state index in [-0.39, 0.29) is 17.7 Å². The van der Waals surface area contributed by atoms with Crippen molar-refractivity contribution in [3.8, 4) is 0 Å². The van der Waals surface area contributed by atoms with Crippen molar-refractivity contribution in [1.82, 2.24) is 9.80 Å². The fourth-order valence-corrected chi connectivity index (χ4v) is 4.14. The largest absolute Gasteiger partial charge is 0.373 e. The number of para-hydroxylation sites is 1. The van der Waals surface area contributed by atoms with Crippen molar-refractivity contribution in [1.29, 1.82) is 0 Å². The highest BCUT2D eigenvalue weighted by Gasteiger charge is 2.37. The highest BCUT2D eigenvalue weighted by atomic mass is 16.2. The number of likely N-dealkylation sites (tertiary alicyclic amines) is 1. The van der Waals surface area contributed by atoms with Crippen LogP contribution in [0.2, 0.25) is 0 Å². The highest BCUT2D eigenvalue weighted by Crippen LogP contribution is 2.27. The first kappa shape index (κ1) is 18.5. The van der Waals surface area contributed by atoms with Gasteiger partial charge < -0.3 is 14.7 Å². The molecule has 146 valence electrons. The first-order chi connectivity index (χ1) is 13.5.